The number of nitrogens with one attached hydrogen (secondary N) is 1. The van der Waals surface area contributed by atoms with E-state index in [1.54, 1.807) is 13.0 Å². The van der Waals surface area contributed by atoms with Crippen molar-refractivity contribution < 1.29 is 13.9 Å². The smallest absolute Gasteiger partial charge is 0.306 e. The molecule has 0 amide bonds. The van der Waals surface area contributed by atoms with Gasteiger partial charge >= 0.3 is 5.97 Å². The number of halogens is 1. The van der Waals surface area contributed by atoms with Crippen molar-refractivity contribution in [1.82, 2.24) is 4.90 Å². The van der Waals surface area contributed by atoms with Gasteiger partial charge in [0.1, 0.15) is 5.82 Å². The van der Waals surface area contributed by atoms with E-state index in [1.165, 1.54) is 17.3 Å². The van der Waals surface area contributed by atoms with E-state index in [0.29, 0.717) is 30.8 Å². The van der Waals surface area contributed by atoms with Gasteiger partial charge in [-0.3, -0.25) is 4.79 Å². The third kappa shape index (κ3) is 9.41. The molecule has 1 rings (SSSR count). The lowest BCUT2D eigenvalue weighted by Gasteiger charge is -2.27. The first-order valence-corrected chi connectivity index (χ1v) is 11.3. The van der Waals surface area contributed by atoms with E-state index < -0.39 is 0 Å². The fraction of sp³-hybridized carbons (Fsp3) is 0.500. The number of anilines is 1. The molecule has 172 valence electrons. The Morgan fingerprint density at radius 2 is 1.87 bits per heavy atom. The number of nitrogens with zero attached hydrogens (tertiary/aromatic N) is 1. The number of hydrogen-bond acceptors (Lipinski definition) is 4. The number of hydrogen-bond donors (Lipinski definition) is 1. The lowest BCUT2D eigenvalue weighted by Crippen LogP contribution is -2.25. The molecule has 5 heteroatoms. The fourth-order valence-electron chi connectivity index (χ4n) is 3.34. The van der Waals surface area contributed by atoms with Crippen LogP contribution < -0.4 is 5.32 Å². The highest BCUT2D eigenvalue weighted by atomic mass is 19.1. The molecule has 0 spiro atoms. The maximum absolute atomic E-state index is 14.4. The summed E-state index contributed by atoms with van der Waals surface area (Å²) in [6, 6.07) is 5.04. The van der Waals surface area contributed by atoms with Crippen LogP contribution in [0.25, 0.3) is 0 Å². The van der Waals surface area contributed by atoms with Crippen molar-refractivity contribution >= 4 is 11.7 Å². The molecule has 0 aromatic heterocycles. The van der Waals surface area contributed by atoms with Crippen LogP contribution in [0, 0.1) is 5.82 Å². The SMILES string of the molecule is C=C/C(=C\C(=C(C)C)N(CCC)CCC)CNc1ccc(CCC(=O)OCC)c(F)c1. The Hall–Kier alpha value is -2.56. The van der Waals surface area contributed by atoms with Gasteiger partial charge in [-0.15, -0.1) is 0 Å². The minimum absolute atomic E-state index is 0.179. The average Bonchev–Trinajstić information content (AvgIpc) is 2.73. The van der Waals surface area contributed by atoms with Gasteiger partial charge in [-0.05, 0) is 69.4 Å². The van der Waals surface area contributed by atoms with E-state index in [1.807, 2.05) is 12.1 Å². The normalized spacial score (nSPS) is 11.1. The summed E-state index contributed by atoms with van der Waals surface area (Å²) in [6.07, 6.45) is 6.71. The Kier molecular flexibility index (Phi) is 12.3. The summed E-state index contributed by atoms with van der Waals surface area (Å²) in [5.41, 5.74) is 4.74. The van der Waals surface area contributed by atoms with Crippen LogP contribution in [0.1, 0.15) is 59.4 Å². The van der Waals surface area contributed by atoms with Crippen LogP contribution in [0.4, 0.5) is 10.1 Å². The van der Waals surface area contributed by atoms with Gasteiger partial charge in [-0.2, -0.15) is 0 Å². The van der Waals surface area contributed by atoms with Crippen molar-refractivity contribution in [3.05, 3.63) is 65.2 Å². The summed E-state index contributed by atoms with van der Waals surface area (Å²) in [5.74, 6) is -0.624. The minimum atomic E-state index is -0.319. The van der Waals surface area contributed by atoms with E-state index in [-0.39, 0.29) is 18.2 Å². The Morgan fingerprint density at radius 3 is 2.39 bits per heavy atom. The molecule has 0 atom stereocenters. The Balaban J connectivity index is 2.86. The van der Waals surface area contributed by atoms with Gasteiger partial charge in [0, 0.05) is 37.4 Å². The lowest BCUT2D eigenvalue weighted by atomic mass is 10.1. The van der Waals surface area contributed by atoms with Crippen molar-refractivity contribution in [2.75, 3.05) is 31.6 Å². The summed E-state index contributed by atoms with van der Waals surface area (Å²) >= 11 is 0. The maximum Gasteiger partial charge on any atom is 0.306 e. The zero-order chi connectivity index (χ0) is 23.2. The van der Waals surface area contributed by atoms with E-state index >= 15 is 0 Å². The van der Waals surface area contributed by atoms with Gasteiger partial charge in [-0.25, -0.2) is 4.39 Å². The van der Waals surface area contributed by atoms with Crippen LogP contribution in [0.3, 0.4) is 0 Å². The van der Waals surface area contributed by atoms with E-state index in [9.17, 15) is 9.18 Å². The molecule has 0 bridgehead atoms. The third-order valence-electron chi connectivity index (χ3n) is 4.88. The molecule has 0 fully saturated rings. The number of benzene rings is 1. The predicted molar refractivity (Wildman–Crippen MR) is 129 cm³/mol. The summed E-state index contributed by atoms with van der Waals surface area (Å²) in [6.45, 7) is 17.3. The van der Waals surface area contributed by atoms with Crippen LogP contribution in [0.15, 0.2) is 53.8 Å². The number of rotatable bonds is 14. The second kappa shape index (κ2) is 14.4. The average molecular weight is 431 g/mol. The highest BCUT2D eigenvalue weighted by Crippen LogP contribution is 2.19. The topological polar surface area (TPSA) is 41.6 Å². The van der Waals surface area contributed by atoms with Crippen molar-refractivity contribution in [1.29, 1.82) is 0 Å². The molecule has 0 aliphatic heterocycles. The summed E-state index contributed by atoms with van der Waals surface area (Å²) < 4.78 is 19.3. The number of aryl methyl sites for hydroxylation is 1. The van der Waals surface area contributed by atoms with Crippen molar-refractivity contribution in [3.8, 4) is 0 Å². The number of esters is 1. The molecule has 0 unspecified atom stereocenters. The highest BCUT2D eigenvalue weighted by molar-refractivity contribution is 5.69. The van der Waals surface area contributed by atoms with Gasteiger partial charge in [0.25, 0.3) is 0 Å². The molecule has 31 heavy (non-hydrogen) atoms. The largest absolute Gasteiger partial charge is 0.466 e. The van der Waals surface area contributed by atoms with Crippen LogP contribution >= 0.6 is 0 Å². The molecule has 0 aliphatic rings. The second-order valence-electron chi connectivity index (χ2n) is 7.76. The number of ether oxygens (including phenoxy) is 1. The second-order valence-corrected chi connectivity index (χ2v) is 7.76. The third-order valence-corrected chi connectivity index (χ3v) is 4.88. The first-order valence-electron chi connectivity index (χ1n) is 11.3. The molecule has 0 aliphatic carbocycles. The molecule has 1 aromatic carbocycles. The number of carbonyl (C=O) groups excluding carboxylic acids is 1. The van der Waals surface area contributed by atoms with Crippen LogP contribution in [-0.2, 0) is 16.0 Å². The molecular formula is C26H39FN2O2. The van der Waals surface area contributed by atoms with Crippen LogP contribution in [0.2, 0.25) is 0 Å². The molecule has 0 radical (unpaired) electrons. The molecular weight excluding hydrogens is 391 g/mol. The lowest BCUT2D eigenvalue weighted by molar-refractivity contribution is -0.143. The molecule has 0 saturated carbocycles. The standard InChI is InChI=1S/C26H39FN2O2/c1-7-15-29(16-8-2)25(20(5)6)17-21(9-3)19-28-23-13-11-22(24(27)18-23)12-14-26(30)31-10-4/h9,11,13,17-18,28H,3,7-8,10,12,14-16,19H2,1-2,4-6H3/b21-17+. The predicted octanol–water partition coefficient (Wildman–Crippen LogP) is 6.26. The number of carbonyl (C=O) groups is 1. The zero-order valence-corrected chi connectivity index (χ0v) is 19.9. The Bertz CT molecular complexity index is 774. The van der Waals surface area contributed by atoms with E-state index in [4.69, 9.17) is 4.74 Å². The monoisotopic (exact) mass is 430 g/mol. The number of allylic oxidation sites excluding steroid dienone is 2. The Morgan fingerprint density at radius 1 is 1.19 bits per heavy atom. The van der Waals surface area contributed by atoms with Gasteiger partial charge < -0.3 is 15.0 Å². The van der Waals surface area contributed by atoms with Crippen LogP contribution in [0.5, 0.6) is 0 Å². The van der Waals surface area contributed by atoms with Crippen molar-refractivity contribution in [2.45, 2.75) is 60.3 Å². The van der Waals surface area contributed by atoms with Crippen molar-refractivity contribution in [2.24, 2.45) is 0 Å². The van der Waals surface area contributed by atoms with Crippen molar-refractivity contribution in [3.63, 3.8) is 0 Å². The summed E-state index contributed by atoms with van der Waals surface area (Å²) in [5, 5.41) is 3.28. The molecule has 4 nitrogen and oxygen atoms in total. The van der Waals surface area contributed by atoms with Gasteiger partial charge in [0.2, 0.25) is 0 Å². The molecule has 0 heterocycles. The van der Waals surface area contributed by atoms with E-state index in [2.05, 4.69) is 50.6 Å². The van der Waals surface area contributed by atoms with E-state index in [0.717, 1.165) is 31.5 Å². The van der Waals surface area contributed by atoms with Gasteiger partial charge in [-0.1, -0.05) is 38.1 Å². The van der Waals surface area contributed by atoms with Gasteiger partial charge in [0.05, 0.1) is 6.61 Å². The summed E-state index contributed by atoms with van der Waals surface area (Å²) in [7, 11) is 0. The summed E-state index contributed by atoms with van der Waals surface area (Å²) in [4.78, 5) is 13.9. The molecule has 0 saturated heterocycles. The zero-order valence-electron chi connectivity index (χ0n) is 19.9. The minimum Gasteiger partial charge on any atom is -0.466 e. The molecule has 1 aromatic rings. The Labute approximate surface area is 187 Å². The van der Waals surface area contributed by atoms with Crippen LogP contribution in [-0.4, -0.2) is 37.1 Å². The van der Waals surface area contributed by atoms with Gasteiger partial charge in [0.15, 0.2) is 0 Å². The maximum atomic E-state index is 14.4. The molecule has 1 N–H and O–H groups in total. The fourth-order valence-corrected chi connectivity index (χ4v) is 3.34. The first-order chi connectivity index (χ1) is 14.9. The first kappa shape index (κ1) is 26.5. The highest BCUT2D eigenvalue weighted by Gasteiger charge is 2.10. The quantitative estimate of drug-likeness (QED) is 0.279.